The van der Waals surface area contributed by atoms with Crippen LogP contribution in [0.5, 0.6) is 0 Å². The normalized spacial score (nSPS) is 13.9. The number of halogens is 5. The van der Waals surface area contributed by atoms with Gasteiger partial charge < -0.3 is 4.90 Å². The van der Waals surface area contributed by atoms with Crippen molar-refractivity contribution in [1.29, 1.82) is 0 Å². The molecule has 11 heteroatoms. The van der Waals surface area contributed by atoms with Crippen molar-refractivity contribution in [3.8, 4) is 11.3 Å². The molecule has 0 aliphatic heterocycles. The quantitative estimate of drug-likeness (QED) is 0.274. The van der Waals surface area contributed by atoms with Gasteiger partial charge in [-0.2, -0.15) is 4.98 Å². The Morgan fingerprint density at radius 1 is 1.05 bits per heavy atom. The van der Waals surface area contributed by atoms with E-state index in [1.54, 1.807) is 27.0 Å². The molecule has 1 aliphatic carbocycles. The Morgan fingerprint density at radius 3 is 2.39 bits per heavy atom. The van der Waals surface area contributed by atoms with Crippen LogP contribution in [0.25, 0.3) is 22.2 Å². The van der Waals surface area contributed by atoms with E-state index < -0.39 is 52.9 Å². The van der Waals surface area contributed by atoms with Crippen LogP contribution in [0.3, 0.4) is 0 Å². The first kappa shape index (κ1) is 25.7. The van der Waals surface area contributed by atoms with E-state index in [1.807, 2.05) is 0 Å². The van der Waals surface area contributed by atoms with Gasteiger partial charge in [-0.3, -0.25) is 14.5 Å². The summed E-state index contributed by atoms with van der Waals surface area (Å²) in [4.78, 5) is 26.5. The first-order valence-corrected chi connectivity index (χ1v) is 12.0. The molecule has 0 saturated heterocycles. The molecular formula is C27H24F5N5O. The van der Waals surface area contributed by atoms with Gasteiger partial charge in [0.2, 0.25) is 0 Å². The number of nitrogens with zero attached hydrogens (tertiary/aromatic N) is 5. The molecule has 5 rings (SSSR count). The Kier molecular flexibility index (Phi) is 6.40. The summed E-state index contributed by atoms with van der Waals surface area (Å²) in [6.07, 6.45) is 2.11. The SMILES string of the molecule is CC(C)(C)n1c(=O)nc(N(CC(F)F)c2cc(F)cc(-c3cnc(C4CC4)cn3)c2)c2c(F)c(F)ccc21. The predicted molar refractivity (Wildman–Crippen MR) is 133 cm³/mol. The van der Waals surface area contributed by atoms with Crippen molar-refractivity contribution < 1.29 is 22.0 Å². The van der Waals surface area contributed by atoms with E-state index in [0.29, 0.717) is 11.6 Å². The van der Waals surface area contributed by atoms with Crippen molar-refractivity contribution in [2.45, 2.75) is 51.5 Å². The highest BCUT2D eigenvalue weighted by atomic mass is 19.3. The van der Waals surface area contributed by atoms with Crippen molar-refractivity contribution in [3.63, 3.8) is 0 Å². The fourth-order valence-corrected chi connectivity index (χ4v) is 4.49. The lowest BCUT2D eigenvalue weighted by molar-refractivity contribution is 0.157. The lowest BCUT2D eigenvalue weighted by Crippen LogP contribution is -2.38. The minimum absolute atomic E-state index is 0.0381. The average Bonchev–Trinajstić information content (AvgIpc) is 3.69. The van der Waals surface area contributed by atoms with Gasteiger partial charge in [-0.05, 0) is 63.9 Å². The van der Waals surface area contributed by atoms with Crippen LogP contribution in [0.2, 0.25) is 0 Å². The summed E-state index contributed by atoms with van der Waals surface area (Å²) < 4.78 is 73.3. The highest BCUT2D eigenvalue weighted by Gasteiger charge is 2.29. The molecule has 0 radical (unpaired) electrons. The summed E-state index contributed by atoms with van der Waals surface area (Å²) in [5.74, 6) is -3.59. The third kappa shape index (κ3) is 4.84. The van der Waals surface area contributed by atoms with Gasteiger partial charge in [0.15, 0.2) is 17.5 Å². The zero-order chi connectivity index (χ0) is 27.4. The first-order valence-electron chi connectivity index (χ1n) is 12.0. The number of aromatic nitrogens is 4. The molecule has 0 spiro atoms. The molecule has 0 amide bonds. The largest absolute Gasteiger partial charge is 0.350 e. The molecule has 0 atom stereocenters. The van der Waals surface area contributed by atoms with Gasteiger partial charge >= 0.3 is 5.69 Å². The van der Waals surface area contributed by atoms with Crippen LogP contribution in [0.1, 0.15) is 45.2 Å². The highest BCUT2D eigenvalue weighted by Crippen LogP contribution is 2.39. The fraction of sp³-hybridized carbons (Fsp3) is 0.333. The smallest absolute Gasteiger partial charge is 0.320 e. The third-order valence-electron chi connectivity index (χ3n) is 6.33. The molecule has 0 N–H and O–H groups in total. The predicted octanol–water partition coefficient (Wildman–Crippen LogP) is 6.31. The van der Waals surface area contributed by atoms with Crippen LogP contribution in [-0.4, -0.2) is 32.5 Å². The first-order chi connectivity index (χ1) is 17.9. The second-order valence-corrected chi connectivity index (χ2v) is 10.3. The maximum absolute atomic E-state index is 15.3. The Hall–Kier alpha value is -3.89. The molecule has 0 bridgehead atoms. The van der Waals surface area contributed by atoms with Crippen molar-refractivity contribution in [2.24, 2.45) is 0 Å². The lowest BCUT2D eigenvalue weighted by Gasteiger charge is -2.29. The summed E-state index contributed by atoms with van der Waals surface area (Å²) >= 11 is 0. The maximum Gasteiger partial charge on any atom is 0.350 e. The molecule has 4 aromatic rings. The summed E-state index contributed by atoms with van der Waals surface area (Å²) in [5.41, 5.74) is -0.586. The van der Waals surface area contributed by atoms with Gasteiger partial charge in [0.25, 0.3) is 6.43 Å². The van der Waals surface area contributed by atoms with Crippen molar-refractivity contribution in [2.75, 3.05) is 11.4 Å². The van der Waals surface area contributed by atoms with Crippen LogP contribution in [0, 0.1) is 17.5 Å². The summed E-state index contributed by atoms with van der Waals surface area (Å²) in [7, 11) is 0. The molecular weight excluding hydrogens is 505 g/mol. The molecule has 2 heterocycles. The van der Waals surface area contributed by atoms with Crippen molar-refractivity contribution in [1.82, 2.24) is 19.5 Å². The molecule has 1 saturated carbocycles. The second kappa shape index (κ2) is 9.45. The zero-order valence-corrected chi connectivity index (χ0v) is 20.9. The molecule has 198 valence electrons. The van der Waals surface area contributed by atoms with Gasteiger partial charge in [0.05, 0.1) is 35.0 Å². The molecule has 2 aromatic heterocycles. The number of alkyl halides is 2. The summed E-state index contributed by atoms with van der Waals surface area (Å²) in [6.45, 7) is 3.94. The lowest BCUT2D eigenvalue weighted by atomic mass is 10.1. The molecule has 2 aromatic carbocycles. The monoisotopic (exact) mass is 529 g/mol. The minimum Gasteiger partial charge on any atom is -0.320 e. The van der Waals surface area contributed by atoms with E-state index in [2.05, 4.69) is 15.0 Å². The Morgan fingerprint density at radius 2 is 1.79 bits per heavy atom. The average molecular weight is 530 g/mol. The summed E-state index contributed by atoms with van der Waals surface area (Å²) in [6, 6.07) is 5.53. The number of benzene rings is 2. The second-order valence-electron chi connectivity index (χ2n) is 10.3. The van der Waals surface area contributed by atoms with E-state index in [4.69, 9.17) is 0 Å². The van der Waals surface area contributed by atoms with E-state index >= 15 is 4.39 Å². The van der Waals surface area contributed by atoms with Gasteiger partial charge in [-0.15, -0.1) is 0 Å². The standard InChI is InChI=1S/C27H24F5N5O/c1-27(2,3)37-21-7-6-18(29)24(32)23(21)25(35-26(37)38)36(13-22(30)31)17-9-15(8-16(28)10-17)20-12-33-19(11-34-20)14-4-5-14/h6-12,14,22H,4-5,13H2,1-3H3. The zero-order valence-electron chi connectivity index (χ0n) is 20.9. The fourth-order valence-electron chi connectivity index (χ4n) is 4.49. The van der Waals surface area contributed by atoms with Gasteiger partial charge in [0.1, 0.15) is 5.82 Å². The van der Waals surface area contributed by atoms with Gasteiger partial charge in [0, 0.05) is 28.9 Å². The van der Waals surface area contributed by atoms with Crippen molar-refractivity contribution >= 4 is 22.4 Å². The van der Waals surface area contributed by atoms with Crippen LogP contribution >= 0.6 is 0 Å². The molecule has 0 unspecified atom stereocenters. The van der Waals surface area contributed by atoms with Gasteiger partial charge in [-0.1, -0.05) is 0 Å². The van der Waals surface area contributed by atoms with Crippen LogP contribution in [0.15, 0.2) is 47.5 Å². The topological polar surface area (TPSA) is 63.9 Å². The molecule has 38 heavy (non-hydrogen) atoms. The van der Waals surface area contributed by atoms with E-state index in [9.17, 15) is 22.4 Å². The number of anilines is 2. The number of fused-ring (bicyclic) bond motifs is 1. The van der Waals surface area contributed by atoms with Crippen LogP contribution < -0.4 is 10.6 Å². The van der Waals surface area contributed by atoms with E-state index in [1.165, 1.54) is 18.3 Å². The Bertz CT molecular complexity index is 1580. The number of rotatable bonds is 6. The van der Waals surface area contributed by atoms with E-state index in [-0.39, 0.29) is 16.8 Å². The third-order valence-corrected chi connectivity index (χ3v) is 6.33. The molecule has 1 fully saturated rings. The number of hydrogen-bond donors (Lipinski definition) is 0. The van der Waals surface area contributed by atoms with E-state index in [0.717, 1.165) is 46.2 Å². The van der Waals surface area contributed by atoms with Crippen molar-refractivity contribution in [3.05, 3.63) is 76.4 Å². The molecule has 1 aliphatic rings. The number of hydrogen-bond acceptors (Lipinski definition) is 5. The van der Waals surface area contributed by atoms with Crippen LogP contribution in [-0.2, 0) is 5.54 Å². The van der Waals surface area contributed by atoms with Gasteiger partial charge in [-0.25, -0.2) is 26.7 Å². The Labute approximate surface area is 214 Å². The molecule has 6 nitrogen and oxygen atoms in total. The maximum atomic E-state index is 15.3. The van der Waals surface area contributed by atoms with Crippen LogP contribution in [0.4, 0.5) is 33.5 Å². The highest BCUT2D eigenvalue weighted by molar-refractivity contribution is 5.93. The Balaban J connectivity index is 1.72. The minimum atomic E-state index is -2.99. The summed E-state index contributed by atoms with van der Waals surface area (Å²) in [5, 5.41) is -0.473.